The first-order valence-corrected chi connectivity index (χ1v) is 9.62. The highest BCUT2D eigenvalue weighted by Gasteiger charge is 2.38. The molecule has 1 amide bonds. The lowest BCUT2D eigenvalue weighted by Crippen LogP contribution is -2.65. The Morgan fingerprint density at radius 3 is 2.48 bits per heavy atom. The van der Waals surface area contributed by atoms with Gasteiger partial charge in [-0.25, -0.2) is 10.9 Å². The lowest BCUT2D eigenvalue weighted by Gasteiger charge is -2.38. The molecule has 3 rings (SSSR count). The van der Waals surface area contributed by atoms with E-state index < -0.39 is 12.0 Å². The van der Waals surface area contributed by atoms with E-state index >= 15 is 0 Å². The van der Waals surface area contributed by atoms with Crippen LogP contribution in [0.25, 0.3) is 0 Å². The topological polar surface area (TPSA) is 107 Å². The van der Waals surface area contributed by atoms with Crippen molar-refractivity contribution in [1.82, 2.24) is 31.3 Å². The Bertz CT molecular complexity index is 528. The number of carbonyl (C=O) groups excluding carboxylic acids is 2. The first-order chi connectivity index (χ1) is 13.0. The third-order valence-electron chi connectivity index (χ3n) is 5.68. The van der Waals surface area contributed by atoms with Gasteiger partial charge in [0.2, 0.25) is 5.91 Å². The molecule has 3 aliphatic heterocycles. The van der Waals surface area contributed by atoms with Crippen molar-refractivity contribution in [3.05, 3.63) is 0 Å². The standard InChI is InChI=1S/C17H32N6O4/c1-22-8-9-23(10-22)13-6-4-12(20-21-13)16(24)18-11-5-7-14(26-2)19-15(11)17(25)27-3/h11-15,19-21H,4-10H2,1-3H3,(H,18,24). The number of ether oxygens (including phenoxy) is 2. The Kier molecular flexibility index (Phi) is 7.01. The number of hydrazine groups is 1. The van der Waals surface area contributed by atoms with E-state index in [-0.39, 0.29) is 30.4 Å². The van der Waals surface area contributed by atoms with Crippen LogP contribution in [0.1, 0.15) is 25.7 Å². The zero-order chi connectivity index (χ0) is 19.4. The van der Waals surface area contributed by atoms with Gasteiger partial charge in [-0.1, -0.05) is 0 Å². The van der Waals surface area contributed by atoms with Gasteiger partial charge < -0.3 is 14.8 Å². The molecule has 5 atom stereocenters. The second-order valence-corrected chi connectivity index (χ2v) is 7.55. The summed E-state index contributed by atoms with van der Waals surface area (Å²) in [6, 6.07) is -1.25. The second-order valence-electron chi connectivity index (χ2n) is 7.55. The molecule has 0 aromatic rings. The minimum Gasteiger partial charge on any atom is -0.468 e. The van der Waals surface area contributed by atoms with Gasteiger partial charge in [0.05, 0.1) is 26.0 Å². The second kappa shape index (κ2) is 9.26. The highest BCUT2D eigenvalue weighted by molar-refractivity contribution is 5.84. The van der Waals surface area contributed by atoms with Crippen molar-refractivity contribution < 1.29 is 19.1 Å². The van der Waals surface area contributed by atoms with Crippen molar-refractivity contribution in [2.75, 3.05) is 41.0 Å². The van der Waals surface area contributed by atoms with Crippen molar-refractivity contribution in [3.63, 3.8) is 0 Å². The lowest BCUT2D eigenvalue weighted by molar-refractivity contribution is -0.147. The van der Waals surface area contributed by atoms with Crippen LogP contribution in [-0.2, 0) is 19.1 Å². The number of rotatable bonds is 5. The zero-order valence-electron chi connectivity index (χ0n) is 16.4. The van der Waals surface area contributed by atoms with E-state index in [1.54, 1.807) is 7.11 Å². The summed E-state index contributed by atoms with van der Waals surface area (Å²) in [6.45, 7) is 3.03. The van der Waals surface area contributed by atoms with Crippen LogP contribution in [-0.4, -0.2) is 93.2 Å². The van der Waals surface area contributed by atoms with Gasteiger partial charge in [0.15, 0.2) is 0 Å². The maximum atomic E-state index is 12.7. The van der Waals surface area contributed by atoms with E-state index in [0.29, 0.717) is 6.42 Å². The van der Waals surface area contributed by atoms with E-state index in [9.17, 15) is 9.59 Å². The number of methoxy groups -OCH3 is 2. The van der Waals surface area contributed by atoms with Crippen molar-refractivity contribution in [3.8, 4) is 0 Å². The lowest BCUT2D eigenvalue weighted by atomic mass is 9.96. The molecule has 0 aliphatic carbocycles. The van der Waals surface area contributed by atoms with E-state index in [1.807, 2.05) is 0 Å². The summed E-state index contributed by atoms with van der Waals surface area (Å²) in [7, 11) is 5.05. The smallest absolute Gasteiger partial charge is 0.325 e. The Morgan fingerprint density at radius 1 is 1.07 bits per heavy atom. The van der Waals surface area contributed by atoms with E-state index in [1.165, 1.54) is 7.11 Å². The molecule has 0 bridgehead atoms. The molecule has 3 saturated heterocycles. The molecule has 5 unspecified atom stereocenters. The Balaban J connectivity index is 1.50. The minimum atomic E-state index is -0.609. The van der Waals surface area contributed by atoms with Crippen LogP contribution >= 0.6 is 0 Å². The van der Waals surface area contributed by atoms with E-state index in [0.717, 1.165) is 39.0 Å². The Labute approximate surface area is 160 Å². The van der Waals surface area contributed by atoms with Gasteiger partial charge in [0.25, 0.3) is 0 Å². The number of piperidine rings is 1. The van der Waals surface area contributed by atoms with E-state index in [2.05, 4.69) is 38.3 Å². The number of amides is 1. The molecule has 3 fully saturated rings. The highest BCUT2D eigenvalue weighted by Crippen LogP contribution is 2.18. The number of likely N-dealkylation sites (N-methyl/N-ethyl adjacent to an activating group) is 1. The number of nitrogens with zero attached hydrogens (tertiary/aromatic N) is 2. The largest absolute Gasteiger partial charge is 0.468 e. The molecule has 0 aromatic carbocycles. The summed E-state index contributed by atoms with van der Waals surface area (Å²) < 4.78 is 10.2. The van der Waals surface area contributed by atoms with Gasteiger partial charge in [-0.3, -0.25) is 24.7 Å². The molecule has 0 radical (unpaired) electrons. The van der Waals surface area contributed by atoms with Gasteiger partial charge in [0, 0.05) is 20.2 Å². The van der Waals surface area contributed by atoms with Crippen molar-refractivity contribution in [1.29, 1.82) is 0 Å². The summed E-state index contributed by atoms with van der Waals surface area (Å²) >= 11 is 0. The number of nitrogens with one attached hydrogen (secondary N) is 4. The SMILES string of the molecule is COC(=O)C1NC(OC)CCC1NC(=O)C1CCC(N2CCN(C)C2)NN1. The van der Waals surface area contributed by atoms with Crippen LogP contribution in [0.3, 0.4) is 0 Å². The fourth-order valence-electron chi connectivity index (χ4n) is 4.02. The molecule has 154 valence electrons. The van der Waals surface area contributed by atoms with Crippen LogP contribution in [0.4, 0.5) is 0 Å². The molecule has 0 spiro atoms. The molecular formula is C17H32N6O4. The first kappa shape index (κ1) is 20.4. The molecule has 10 heteroatoms. The average Bonchev–Trinajstić information content (AvgIpc) is 3.14. The minimum absolute atomic E-state index is 0.101. The molecule has 27 heavy (non-hydrogen) atoms. The maximum Gasteiger partial charge on any atom is 0.325 e. The molecule has 10 nitrogen and oxygen atoms in total. The normalized spacial score (nSPS) is 35.7. The average molecular weight is 384 g/mol. The van der Waals surface area contributed by atoms with Crippen molar-refractivity contribution in [2.24, 2.45) is 0 Å². The van der Waals surface area contributed by atoms with Crippen LogP contribution < -0.4 is 21.5 Å². The number of carbonyl (C=O) groups is 2. The fourth-order valence-corrected chi connectivity index (χ4v) is 4.02. The van der Waals surface area contributed by atoms with Gasteiger partial charge >= 0.3 is 5.97 Å². The third-order valence-corrected chi connectivity index (χ3v) is 5.68. The summed E-state index contributed by atoms with van der Waals surface area (Å²) in [5.74, 6) is -0.494. The van der Waals surface area contributed by atoms with Gasteiger partial charge in [0.1, 0.15) is 18.3 Å². The summed E-state index contributed by atoms with van der Waals surface area (Å²) in [5.41, 5.74) is 6.42. The summed E-state index contributed by atoms with van der Waals surface area (Å²) in [5, 5.41) is 6.11. The third kappa shape index (κ3) is 4.95. The van der Waals surface area contributed by atoms with Crippen LogP contribution in [0, 0.1) is 0 Å². The monoisotopic (exact) mass is 384 g/mol. The van der Waals surface area contributed by atoms with Crippen LogP contribution in [0.5, 0.6) is 0 Å². The molecule has 0 aromatic heterocycles. The Hall–Kier alpha value is -1.30. The molecule has 3 aliphatic rings. The maximum absolute atomic E-state index is 12.7. The van der Waals surface area contributed by atoms with Crippen molar-refractivity contribution in [2.45, 2.75) is 56.2 Å². The molecule has 0 saturated carbocycles. The van der Waals surface area contributed by atoms with Gasteiger partial charge in [-0.05, 0) is 32.7 Å². The van der Waals surface area contributed by atoms with Crippen molar-refractivity contribution >= 4 is 11.9 Å². The van der Waals surface area contributed by atoms with Crippen LogP contribution in [0.15, 0.2) is 0 Å². The molecule has 3 heterocycles. The number of hydrogen-bond acceptors (Lipinski definition) is 9. The van der Waals surface area contributed by atoms with Gasteiger partial charge in [-0.2, -0.15) is 0 Å². The number of esters is 1. The predicted octanol–water partition coefficient (Wildman–Crippen LogP) is -1.84. The highest BCUT2D eigenvalue weighted by atomic mass is 16.5. The first-order valence-electron chi connectivity index (χ1n) is 9.62. The molecular weight excluding hydrogens is 352 g/mol. The molecule has 4 N–H and O–H groups in total. The quantitative estimate of drug-likeness (QED) is 0.407. The number of hydrogen-bond donors (Lipinski definition) is 4. The fraction of sp³-hybridized carbons (Fsp3) is 0.882. The van der Waals surface area contributed by atoms with E-state index in [4.69, 9.17) is 9.47 Å². The summed E-state index contributed by atoms with van der Waals surface area (Å²) in [4.78, 5) is 29.4. The Morgan fingerprint density at radius 2 is 1.89 bits per heavy atom. The van der Waals surface area contributed by atoms with Gasteiger partial charge in [-0.15, -0.1) is 0 Å². The van der Waals surface area contributed by atoms with Crippen LogP contribution in [0.2, 0.25) is 0 Å². The zero-order valence-corrected chi connectivity index (χ0v) is 16.4. The predicted molar refractivity (Wildman–Crippen MR) is 98.2 cm³/mol. The summed E-state index contributed by atoms with van der Waals surface area (Å²) in [6.07, 6.45) is 3.04.